The number of hydrogen-bond donors (Lipinski definition) is 4. The van der Waals surface area contributed by atoms with Crippen LogP contribution in [0.25, 0.3) is 11.1 Å². The molecule has 0 radical (unpaired) electrons. The molecule has 57 heavy (non-hydrogen) atoms. The number of aliphatic hydroxyl groups is 2. The Labute approximate surface area is 342 Å². The number of anilines is 1. The lowest BCUT2D eigenvalue weighted by atomic mass is 9.45. The van der Waals surface area contributed by atoms with Crippen LogP contribution in [0.1, 0.15) is 62.2 Å². The first kappa shape index (κ1) is 42.8. The Kier molecular flexibility index (Phi) is 13.2. The van der Waals surface area contributed by atoms with Crippen LogP contribution in [-0.2, 0) is 22.6 Å². The first-order valence-electron chi connectivity index (χ1n) is 20.1. The molecule has 2 aromatic carbocycles. The zero-order valence-corrected chi connectivity index (χ0v) is 35.6. The van der Waals surface area contributed by atoms with Crippen molar-refractivity contribution >= 4 is 29.1 Å². The topological polar surface area (TPSA) is 140 Å². The molecule has 3 aliphatic carbocycles. The second-order valence-electron chi connectivity index (χ2n) is 17.5. The predicted molar refractivity (Wildman–Crippen MR) is 223 cm³/mol. The number of carbonyl (C=O) groups excluding carboxylic acids is 2. The summed E-state index contributed by atoms with van der Waals surface area (Å²) in [5, 5.41) is 29.9. The number of hydroxylamine groups is 2. The summed E-state index contributed by atoms with van der Waals surface area (Å²) in [5.41, 5.74) is 4.43. The standard InChI is InChI=1S/C44H61ClN6O6/c1-25-35-19-29(44(35,3)4)20-37(25)48-43(55)40-39(26(2)53)38(24-52)57-51(40)23-34-36(45)14-13-33(41(34)56-9)27-16-28(18-32(17-27)50(7)8)42(54)47-31(22-49(5)6)21-30-12-10-11-15-46-30/h10-18,25-26,29,31,35,37-40,52-53H,19-24H2,1-9H3,(H,47,54)(H,48,55)/t25-,26-,29+,31-,35-,37-,38-,39+,40-/m0/s1. The number of fused-ring (bicyclic) bond motifs is 2. The van der Waals surface area contributed by atoms with Crippen molar-refractivity contribution in [3.8, 4) is 16.9 Å². The molecule has 310 valence electrons. The highest BCUT2D eigenvalue weighted by molar-refractivity contribution is 6.31. The van der Waals surface area contributed by atoms with Crippen molar-refractivity contribution in [1.82, 2.24) is 25.6 Å². The number of benzene rings is 2. The number of rotatable bonds is 15. The molecule has 9 atom stereocenters. The molecule has 3 aromatic rings. The van der Waals surface area contributed by atoms with E-state index in [0.717, 1.165) is 23.4 Å². The number of aliphatic hydroxyl groups excluding tert-OH is 2. The van der Waals surface area contributed by atoms with Crippen LogP contribution in [0.3, 0.4) is 0 Å². The molecule has 3 saturated carbocycles. The minimum atomic E-state index is -0.942. The van der Waals surface area contributed by atoms with Crippen molar-refractivity contribution in [3.05, 3.63) is 76.6 Å². The molecule has 1 saturated heterocycles. The molecule has 13 heteroatoms. The fraction of sp³-hybridized carbons (Fsp3) is 0.568. The first-order valence-corrected chi connectivity index (χ1v) is 20.5. The Morgan fingerprint density at radius 3 is 2.47 bits per heavy atom. The van der Waals surface area contributed by atoms with Crippen LogP contribution in [-0.4, -0.2) is 116 Å². The van der Waals surface area contributed by atoms with Gasteiger partial charge in [0.2, 0.25) is 5.91 Å². The van der Waals surface area contributed by atoms with Crippen molar-refractivity contribution in [1.29, 1.82) is 0 Å². The van der Waals surface area contributed by atoms with Crippen molar-refractivity contribution in [2.75, 3.05) is 53.4 Å². The molecule has 0 unspecified atom stereocenters. The number of halogens is 1. The molecular weight excluding hydrogens is 744 g/mol. The van der Waals surface area contributed by atoms with E-state index in [4.69, 9.17) is 21.2 Å². The first-order chi connectivity index (χ1) is 27.0. The number of nitrogens with one attached hydrogen (secondary N) is 2. The van der Waals surface area contributed by atoms with E-state index < -0.39 is 24.2 Å². The number of ether oxygens (including phenoxy) is 1. The average Bonchev–Trinajstić information content (AvgIpc) is 3.54. The van der Waals surface area contributed by atoms with E-state index in [9.17, 15) is 19.8 Å². The summed E-state index contributed by atoms with van der Waals surface area (Å²) in [7, 11) is 9.36. The fourth-order valence-electron chi connectivity index (χ4n) is 9.65. The van der Waals surface area contributed by atoms with Crippen LogP contribution in [0.15, 0.2) is 54.7 Å². The van der Waals surface area contributed by atoms with E-state index in [1.807, 2.05) is 80.5 Å². The number of hydrogen-bond acceptors (Lipinski definition) is 10. The summed E-state index contributed by atoms with van der Waals surface area (Å²) in [6, 6.07) is 14.0. The molecule has 7 rings (SSSR count). The maximum absolute atomic E-state index is 14.3. The molecule has 2 amide bonds. The monoisotopic (exact) mass is 804 g/mol. The van der Waals surface area contributed by atoms with Crippen LogP contribution >= 0.6 is 11.6 Å². The van der Waals surface area contributed by atoms with Crippen LogP contribution < -0.4 is 20.3 Å². The molecule has 1 aromatic heterocycles. The molecule has 2 bridgehead atoms. The SMILES string of the molecule is COc1c(-c2cc(C(=O)N[C@@H](Cc3ccccn3)CN(C)C)cc(N(C)C)c2)ccc(Cl)c1CN1O[C@@H](CO)[C@@H]([C@H](C)O)[C@H]1C(=O)N[C@H]1C[C@H]2C[C@@H]([C@@H]1C)C2(C)C. The van der Waals surface area contributed by atoms with Crippen LogP contribution in [0.4, 0.5) is 5.69 Å². The minimum Gasteiger partial charge on any atom is -0.496 e. The Balaban J connectivity index is 1.31. The number of carbonyl (C=O) groups is 2. The van der Waals surface area contributed by atoms with Gasteiger partial charge in [-0.25, -0.2) is 0 Å². The highest BCUT2D eigenvalue weighted by atomic mass is 35.5. The van der Waals surface area contributed by atoms with E-state index in [2.05, 4.69) is 36.4 Å². The van der Waals surface area contributed by atoms with Gasteiger partial charge in [0.25, 0.3) is 5.91 Å². The maximum atomic E-state index is 14.3. The Morgan fingerprint density at radius 1 is 1.12 bits per heavy atom. The fourth-order valence-corrected chi connectivity index (χ4v) is 9.86. The Hall–Kier alpha value is -3.78. The zero-order valence-electron chi connectivity index (χ0n) is 34.8. The van der Waals surface area contributed by atoms with Gasteiger partial charge < -0.3 is 35.4 Å². The van der Waals surface area contributed by atoms with Gasteiger partial charge in [-0.1, -0.05) is 38.4 Å². The van der Waals surface area contributed by atoms with E-state index in [0.29, 0.717) is 58.2 Å². The average molecular weight is 805 g/mol. The highest BCUT2D eigenvalue weighted by Gasteiger charge is 2.57. The minimum absolute atomic E-state index is 0.00365. The summed E-state index contributed by atoms with van der Waals surface area (Å²) in [6.45, 7) is 8.78. The summed E-state index contributed by atoms with van der Waals surface area (Å²) in [4.78, 5) is 43.1. The van der Waals surface area contributed by atoms with Crippen LogP contribution in [0.2, 0.25) is 5.02 Å². The molecule has 4 aliphatic rings. The van der Waals surface area contributed by atoms with E-state index >= 15 is 0 Å². The van der Waals surface area contributed by atoms with Crippen molar-refractivity contribution < 1.29 is 29.4 Å². The maximum Gasteiger partial charge on any atom is 0.251 e. The second kappa shape index (κ2) is 17.6. The van der Waals surface area contributed by atoms with Crippen molar-refractivity contribution in [2.45, 2.75) is 83.8 Å². The van der Waals surface area contributed by atoms with Gasteiger partial charge in [0.1, 0.15) is 17.9 Å². The lowest BCUT2D eigenvalue weighted by molar-refractivity contribution is -0.183. The number of aromatic nitrogens is 1. The highest BCUT2D eigenvalue weighted by Crippen LogP contribution is 2.61. The largest absolute Gasteiger partial charge is 0.496 e. The third kappa shape index (κ3) is 8.96. The zero-order chi connectivity index (χ0) is 41.3. The summed E-state index contributed by atoms with van der Waals surface area (Å²) in [6.07, 6.45) is 2.66. The number of likely N-dealkylation sites (N-methyl/N-ethyl adjacent to an activating group) is 1. The molecule has 2 heterocycles. The lowest BCUT2D eigenvalue weighted by Gasteiger charge is -2.62. The van der Waals surface area contributed by atoms with Gasteiger partial charge in [-0.05, 0) is 105 Å². The number of pyridine rings is 1. The van der Waals surface area contributed by atoms with Gasteiger partial charge in [0.05, 0.1) is 26.4 Å². The van der Waals surface area contributed by atoms with Gasteiger partial charge in [0.15, 0.2) is 0 Å². The molecule has 12 nitrogen and oxygen atoms in total. The molecule has 4 fully saturated rings. The summed E-state index contributed by atoms with van der Waals surface area (Å²) >= 11 is 6.95. The smallest absolute Gasteiger partial charge is 0.251 e. The lowest BCUT2D eigenvalue weighted by Crippen LogP contribution is -2.62. The van der Waals surface area contributed by atoms with Gasteiger partial charge in [-0.15, -0.1) is 0 Å². The van der Waals surface area contributed by atoms with Crippen LogP contribution in [0.5, 0.6) is 5.75 Å². The van der Waals surface area contributed by atoms with Gasteiger partial charge in [0, 0.05) is 84.4 Å². The Morgan fingerprint density at radius 2 is 1.88 bits per heavy atom. The molecular formula is C44H61ClN6O6. The number of nitrogens with zero attached hydrogens (tertiary/aromatic N) is 4. The van der Waals surface area contributed by atoms with Crippen LogP contribution in [0, 0.1) is 29.1 Å². The quantitative estimate of drug-likeness (QED) is 0.165. The Bertz CT molecular complexity index is 1890. The van der Waals surface area contributed by atoms with E-state index in [-0.39, 0.29) is 42.5 Å². The normalized spacial score (nSPS) is 26.4. The van der Waals surface area contributed by atoms with E-state index in [1.54, 1.807) is 31.4 Å². The van der Waals surface area contributed by atoms with Gasteiger partial charge >= 0.3 is 0 Å². The summed E-state index contributed by atoms with van der Waals surface area (Å²) < 4.78 is 6.10. The summed E-state index contributed by atoms with van der Waals surface area (Å²) in [5.74, 6) is 0.680. The van der Waals surface area contributed by atoms with Gasteiger partial charge in [-0.2, -0.15) is 5.06 Å². The van der Waals surface area contributed by atoms with E-state index in [1.165, 1.54) is 6.42 Å². The third-order valence-electron chi connectivity index (χ3n) is 12.9. The molecule has 1 aliphatic heterocycles. The third-order valence-corrected chi connectivity index (χ3v) is 13.2. The van der Waals surface area contributed by atoms with Gasteiger partial charge in [-0.3, -0.25) is 19.4 Å². The number of methoxy groups -OCH3 is 1. The molecule has 4 N–H and O–H groups in total. The second-order valence-corrected chi connectivity index (χ2v) is 17.9. The van der Waals surface area contributed by atoms with Crippen molar-refractivity contribution in [2.24, 2.45) is 29.1 Å². The predicted octanol–water partition coefficient (Wildman–Crippen LogP) is 5.04. The number of amides is 2. The van der Waals surface area contributed by atoms with Crippen molar-refractivity contribution in [3.63, 3.8) is 0 Å². The molecule has 0 spiro atoms.